The summed E-state index contributed by atoms with van der Waals surface area (Å²) >= 11 is 13.4. The van der Waals surface area contributed by atoms with Gasteiger partial charge in [-0.2, -0.15) is 0 Å². The minimum atomic E-state index is -0.237. The lowest BCUT2D eigenvalue weighted by molar-refractivity contribution is -0.113. The Morgan fingerprint density at radius 2 is 1.90 bits per heavy atom. The lowest BCUT2D eigenvalue weighted by Crippen LogP contribution is -2.27. The van der Waals surface area contributed by atoms with E-state index in [0.717, 1.165) is 25.7 Å². The number of benzene rings is 2. The molecule has 5 nitrogen and oxygen atoms in total. The molecule has 8 heteroatoms. The van der Waals surface area contributed by atoms with E-state index in [-0.39, 0.29) is 23.3 Å². The van der Waals surface area contributed by atoms with Crippen molar-refractivity contribution < 1.29 is 4.79 Å². The Labute approximate surface area is 182 Å². The highest BCUT2D eigenvalue weighted by Gasteiger charge is 2.23. The smallest absolute Gasteiger partial charge is 0.262 e. The number of thioether (sulfide) groups is 1. The molecule has 0 unspecified atom stereocenters. The maximum absolute atomic E-state index is 13.1. The van der Waals surface area contributed by atoms with E-state index in [0.29, 0.717) is 31.8 Å². The normalized spacial score (nSPS) is 14.4. The Morgan fingerprint density at radius 1 is 1.14 bits per heavy atom. The number of nitrogens with zero attached hydrogens (tertiary/aromatic N) is 2. The van der Waals surface area contributed by atoms with E-state index in [1.54, 1.807) is 28.8 Å². The van der Waals surface area contributed by atoms with E-state index in [4.69, 9.17) is 28.2 Å². The Kier molecular flexibility index (Phi) is 6.13. The van der Waals surface area contributed by atoms with Crippen LogP contribution < -0.4 is 10.9 Å². The number of para-hydroxylation sites is 1. The average Bonchev–Trinajstić information content (AvgIpc) is 3.24. The standard InChI is InChI=1S/C21H19Cl2N3O2S/c22-15-9-5-11-17(19(15)23)24-18(27)12-29-21-25-16-10-4-3-8-14(16)20(28)26(21)13-6-1-2-7-13/h3-5,8-11,13H,1-2,6-7,12H2,(H,24,27). The number of amides is 1. The number of carbonyl (C=O) groups is 1. The summed E-state index contributed by atoms with van der Waals surface area (Å²) in [6.45, 7) is 0. The van der Waals surface area contributed by atoms with Crippen LogP contribution in [-0.4, -0.2) is 21.2 Å². The number of nitrogens with one attached hydrogen (secondary N) is 1. The van der Waals surface area contributed by atoms with Crippen LogP contribution in [0.3, 0.4) is 0 Å². The summed E-state index contributed by atoms with van der Waals surface area (Å²) in [7, 11) is 0. The SMILES string of the molecule is O=C(CSc1nc2ccccc2c(=O)n1C1CCCC1)Nc1cccc(Cl)c1Cl. The predicted octanol–water partition coefficient (Wildman–Crippen LogP) is 5.55. The van der Waals surface area contributed by atoms with E-state index in [2.05, 4.69) is 5.32 Å². The van der Waals surface area contributed by atoms with E-state index in [9.17, 15) is 9.59 Å². The first kappa shape index (κ1) is 20.3. The Morgan fingerprint density at radius 3 is 2.69 bits per heavy atom. The van der Waals surface area contributed by atoms with Gasteiger partial charge in [-0.3, -0.25) is 14.2 Å². The van der Waals surface area contributed by atoms with E-state index < -0.39 is 0 Å². The van der Waals surface area contributed by atoms with E-state index in [1.807, 2.05) is 18.2 Å². The molecule has 1 fully saturated rings. The van der Waals surface area contributed by atoms with Crippen molar-refractivity contribution in [2.75, 3.05) is 11.1 Å². The van der Waals surface area contributed by atoms with Gasteiger partial charge in [0.15, 0.2) is 5.16 Å². The Balaban J connectivity index is 1.60. The number of hydrogen-bond acceptors (Lipinski definition) is 4. The van der Waals surface area contributed by atoms with Gasteiger partial charge in [-0.25, -0.2) is 4.98 Å². The van der Waals surface area contributed by atoms with Crippen LogP contribution >= 0.6 is 35.0 Å². The van der Waals surface area contributed by atoms with Crippen LogP contribution in [0.15, 0.2) is 52.4 Å². The van der Waals surface area contributed by atoms with Crippen molar-refractivity contribution in [1.82, 2.24) is 9.55 Å². The monoisotopic (exact) mass is 447 g/mol. The van der Waals surface area contributed by atoms with Gasteiger partial charge in [0, 0.05) is 6.04 Å². The number of halogens is 2. The molecule has 1 saturated carbocycles. The maximum Gasteiger partial charge on any atom is 0.262 e. The maximum atomic E-state index is 13.1. The molecule has 1 N–H and O–H groups in total. The van der Waals surface area contributed by atoms with E-state index >= 15 is 0 Å². The second kappa shape index (κ2) is 8.78. The summed E-state index contributed by atoms with van der Waals surface area (Å²) in [5.74, 6) is -0.125. The zero-order valence-electron chi connectivity index (χ0n) is 15.5. The molecule has 1 amide bonds. The third kappa shape index (κ3) is 4.29. The number of rotatable bonds is 5. The van der Waals surface area contributed by atoms with Gasteiger partial charge in [0.25, 0.3) is 5.56 Å². The topological polar surface area (TPSA) is 64.0 Å². The highest BCUT2D eigenvalue weighted by molar-refractivity contribution is 7.99. The zero-order chi connectivity index (χ0) is 20.4. The van der Waals surface area contributed by atoms with Gasteiger partial charge in [0.2, 0.25) is 5.91 Å². The van der Waals surface area contributed by atoms with Crippen molar-refractivity contribution in [3.8, 4) is 0 Å². The quantitative estimate of drug-likeness (QED) is 0.411. The number of anilines is 1. The molecule has 0 atom stereocenters. The molecule has 3 aromatic rings. The minimum Gasteiger partial charge on any atom is -0.324 e. The summed E-state index contributed by atoms with van der Waals surface area (Å²) in [6.07, 6.45) is 4.11. The molecule has 0 aliphatic heterocycles. The number of aromatic nitrogens is 2. The Bertz CT molecular complexity index is 1130. The molecule has 1 aliphatic carbocycles. The van der Waals surface area contributed by atoms with Gasteiger partial charge >= 0.3 is 0 Å². The molecule has 29 heavy (non-hydrogen) atoms. The minimum absolute atomic E-state index is 0.0386. The molecule has 4 rings (SSSR count). The van der Waals surface area contributed by atoms with Crippen LogP contribution in [0.25, 0.3) is 10.9 Å². The molecule has 0 spiro atoms. The number of hydrogen-bond donors (Lipinski definition) is 1. The molecule has 0 saturated heterocycles. The highest BCUT2D eigenvalue weighted by atomic mass is 35.5. The van der Waals surface area contributed by atoms with Gasteiger partial charge in [-0.15, -0.1) is 0 Å². The Hall–Kier alpha value is -2.02. The third-order valence-corrected chi connectivity index (χ3v) is 6.79. The molecule has 1 heterocycles. The van der Waals surface area contributed by atoms with Crippen molar-refractivity contribution in [3.63, 3.8) is 0 Å². The summed E-state index contributed by atoms with van der Waals surface area (Å²) in [5.41, 5.74) is 1.07. The van der Waals surface area contributed by atoms with Crippen LogP contribution in [0.5, 0.6) is 0 Å². The van der Waals surface area contributed by atoms with Crippen LogP contribution in [-0.2, 0) is 4.79 Å². The largest absolute Gasteiger partial charge is 0.324 e. The van der Waals surface area contributed by atoms with Gasteiger partial charge in [-0.1, -0.05) is 66.0 Å². The van der Waals surface area contributed by atoms with Gasteiger partial charge in [-0.05, 0) is 37.1 Å². The van der Waals surface area contributed by atoms with Gasteiger partial charge in [0.1, 0.15) is 0 Å². The van der Waals surface area contributed by atoms with Crippen molar-refractivity contribution in [2.24, 2.45) is 0 Å². The third-order valence-electron chi connectivity index (χ3n) is 5.02. The molecule has 150 valence electrons. The number of carbonyl (C=O) groups excluding carboxylic acids is 1. The summed E-state index contributed by atoms with van der Waals surface area (Å²) in [6, 6.07) is 12.5. The molecule has 0 radical (unpaired) electrons. The first-order valence-corrected chi connectivity index (χ1v) is 11.2. The van der Waals surface area contributed by atoms with Crippen LogP contribution in [0.1, 0.15) is 31.7 Å². The van der Waals surface area contributed by atoms with Crippen molar-refractivity contribution in [3.05, 3.63) is 62.9 Å². The van der Waals surface area contributed by atoms with Gasteiger partial charge < -0.3 is 5.32 Å². The van der Waals surface area contributed by atoms with Crippen molar-refractivity contribution in [2.45, 2.75) is 36.9 Å². The number of fused-ring (bicyclic) bond motifs is 1. The van der Waals surface area contributed by atoms with Crippen molar-refractivity contribution in [1.29, 1.82) is 0 Å². The molecule has 1 aliphatic rings. The van der Waals surface area contributed by atoms with Crippen molar-refractivity contribution >= 4 is 57.5 Å². The fourth-order valence-electron chi connectivity index (χ4n) is 3.63. The van der Waals surface area contributed by atoms with Crippen LogP contribution in [0.2, 0.25) is 10.0 Å². The first-order chi connectivity index (χ1) is 14.0. The highest BCUT2D eigenvalue weighted by Crippen LogP contribution is 2.33. The van der Waals surface area contributed by atoms with Crippen LogP contribution in [0, 0.1) is 0 Å². The summed E-state index contributed by atoms with van der Waals surface area (Å²) in [4.78, 5) is 30.3. The molecule has 1 aromatic heterocycles. The lowest BCUT2D eigenvalue weighted by atomic mass is 10.2. The predicted molar refractivity (Wildman–Crippen MR) is 119 cm³/mol. The fraction of sp³-hybridized carbons (Fsp3) is 0.286. The summed E-state index contributed by atoms with van der Waals surface area (Å²) < 4.78 is 1.78. The fourth-order valence-corrected chi connectivity index (χ4v) is 4.84. The average molecular weight is 448 g/mol. The lowest BCUT2D eigenvalue weighted by Gasteiger charge is -2.18. The van der Waals surface area contributed by atoms with Gasteiger partial charge in [0.05, 0.1) is 32.4 Å². The second-order valence-electron chi connectivity index (χ2n) is 6.96. The molecular weight excluding hydrogens is 429 g/mol. The summed E-state index contributed by atoms with van der Waals surface area (Å²) in [5, 5.41) is 4.64. The first-order valence-electron chi connectivity index (χ1n) is 9.42. The molecule has 0 bridgehead atoms. The van der Waals surface area contributed by atoms with Crippen LogP contribution in [0.4, 0.5) is 5.69 Å². The molecular formula is C21H19Cl2N3O2S. The second-order valence-corrected chi connectivity index (χ2v) is 8.69. The van der Waals surface area contributed by atoms with E-state index in [1.165, 1.54) is 11.8 Å². The molecule has 2 aromatic carbocycles. The zero-order valence-corrected chi connectivity index (χ0v) is 17.9.